The molecule has 6 nitrogen and oxygen atoms in total. The third-order valence-electron chi connectivity index (χ3n) is 3.01. The maximum absolute atomic E-state index is 12.6. The summed E-state index contributed by atoms with van der Waals surface area (Å²) in [4.78, 5) is 38.5. The third kappa shape index (κ3) is 5.65. The second-order valence-corrected chi connectivity index (χ2v) is 8.33. The Bertz CT molecular complexity index is 549. The predicted molar refractivity (Wildman–Crippen MR) is 90.5 cm³/mol. The van der Waals surface area contributed by atoms with Gasteiger partial charge in [-0.25, -0.2) is 9.59 Å². The molecule has 1 amide bonds. The Labute approximate surface area is 144 Å². The molecule has 1 rings (SSSR count). The van der Waals surface area contributed by atoms with Gasteiger partial charge >= 0.3 is 12.1 Å². The Morgan fingerprint density at radius 2 is 1.58 bits per heavy atom. The maximum atomic E-state index is 12.6. The summed E-state index contributed by atoms with van der Waals surface area (Å²) in [5, 5.41) is 0. The number of rotatable bonds is 2. The van der Waals surface area contributed by atoms with E-state index in [0.29, 0.717) is 5.57 Å². The van der Waals surface area contributed by atoms with Crippen LogP contribution in [0.25, 0.3) is 0 Å². The summed E-state index contributed by atoms with van der Waals surface area (Å²) in [6.45, 7) is 14.0. The SMILES string of the molecule is CC(C)/C=C1/C(=O)CN(C(=O)OC(C)(C)C)[C@@H]1C(=O)OC(C)(C)C. The molecule has 0 spiro atoms. The molecule has 136 valence electrons. The molecule has 0 unspecified atom stereocenters. The first-order valence-electron chi connectivity index (χ1n) is 8.18. The monoisotopic (exact) mass is 339 g/mol. The average Bonchev–Trinajstić information content (AvgIpc) is 2.62. The van der Waals surface area contributed by atoms with Crippen molar-refractivity contribution in [2.75, 3.05) is 6.54 Å². The first-order chi connectivity index (χ1) is 10.7. The van der Waals surface area contributed by atoms with Crippen molar-refractivity contribution in [1.82, 2.24) is 4.90 Å². The van der Waals surface area contributed by atoms with E-state index in [9.17, 15) is 14.4 Å². The topological polar surface area (TPSA) is 72.9 Å². The van der Waals surface area contributed by atoms with E-state index in [0.717, 1.165) is 4.90 Å². The number of hydrogen-bond donors (Lipinski definition) is 0. The molecule has 0 saturated carbocycles. The summed E-state index contributed by atoms with van der Waals surface area (Å²) in [5.74, 6) is -0.816. The van der Waals surface area contributed by atoms with Crippen LogP contribution in [-0.2, 0) is 19.1 Å². The smallest absolute Gasteiger partial charge is 0.411 e. The van der Waals surface area contributed by atoms with Crippen molar-refractivity contribution in [3.63, 3.8) is 0 Å². The molecule has 1 heterocycles. The predicted octanol–water partition coefficient (Wildman–Crippen LogP) is 3.10. The van der Waals surface area contributed by atoms with Gasteiger partial charge < -0.3 is 9.47 Å². The number of ether oxygens (including phenoxy) is 2. The van der Waals surface area contributed by atoms with Gasteiger partial charge in [0.1, 0.15) is 11.2 Å². The van der Waals surface area contributed by atoms with Crippen molar-refractivity contribution >= 4 is 17.8 Å². The number of hydrogen-bond acceptors (Lipinski definition) is 5. The van der Waals surface area contributed by atoms with Gasteiger partial charge in [0.15, 0.2) is 11.8 Å². The molecule has 0 aliphatic carbocycles. The zero-order chi connectivity index (χ0) is 18.9. The number of nitrogens with zero attached hydrogens (tertiary/aromatic N) is 1. The average molecular weight is 339 g/mol. The van der Waals surface area contributed by atoms with Crippen LogP contribution in [0.4, 0.5) is 4.79 Å². The molecule has 0 aromatic rings. The van der Waals surface area contributed by atoms with Crippen LogP contribution in [0.1, 0.15) is 55.4 Å². The fourth-order valence-corrected chi connectivity index (χ4v) is 2.30. The number of allylic oxidation sites excluding steroid dienone is 1. The van der Waals surface area contributed by atoms with E-state index in [1.54, 1.807) is 47.6 Å². The molecule has 1 aliphatic heterocycles. The normalized spacial score (nSPS) is 20.7. The first-order valence-corrected chi connectivity index (χ1v) is 8.18. The summed E-state index contributed by atoms with van der Waals surface area (Å²) in [6.07, 6.45) is 1.01. The Hall–Kier alpha value is -1.85. The van der Waals surface area contributed by atoms with Gasteiger partial charge in [-0.2, -0.15) is 0 Å². The lowest BCUT2D eigenvalue weighted by atomic mass is 10.0. The zero-order valence-electron chi connectivity index (χ0n) is 15.9. The van der Waals surface area contributed by atoms with Gasteiger partial charge in [0.05, 0.1) is 6.54 Å². The van der Waals surface area contributed by atoms with Crippen molar-refractivity contribution in [3.05, 3.63) is 11.6 Å². The molecule has 0 N–H and O–H groups in total. The highest BCUT2D eigenvalue weighted by Crippen LogP contribution is 2.27. The fourth-order valence-electron chi connectivity index (χ4n) is 2.30. The number of carbonyl (C=O) groups excluding carboxylic acids is 3. The van der Waals surface area contributed by atoms with E-state index in [2.05, 4.69) is 0 Å². The van der Waals surface area contributed by atoms with Gasteiger partial charge in [-0.1, -0.05) is 19.9 Å². The Morgan fingerprint density at radius 3 is 2.00 bits per heavy atom. The molecule has 0 radical (unpaired) electrons. The number of carbonyl (C=O) groups is 3. The number of Topliss-reactive ketones (excluding diaryl/α,β-unsaturated/α-hetero) is 1. The van der Waals surface area contributed by atoms with E-state index >= 15 is 0 Å². The van der Waals surface area contributed by atoms with E-state index in [1.165, 1.54) is 0 Å². The number of likely N-dealkylation sites (tertiary alicyclic amines) is 1. The molecule has 1 fully saturated rings. The van der Waals surface area contributed by atoms with Crippen LogP contribution in [0.15, 0.2) is 11.6 Å². The highest BCUT2D eigenvalue weighted by atomic mass is 16.6. The number of amides is 1. The molecule has 0 aromatic heterocycles. The lowest BCUT2D eigenvalue weighted by Crippen LogP contribution is -2.46. The summed E-state index contributed by atoms with van der Waals surface area (Å²) >= 11 is 0. The zero-order valence-corrected chi connectivity index (χ0v) is 15.9. The van der Waals surface area contributed by atoms with Gasteiger partial charge in [0.2, 0.25) is 0 Å². The van der Waals surface area contributed by atoms with Crippen LogP contribution in [-0.4, -0.2) is 46.5 Å². The van der Waals surface area contributed by atoms with Gasteiger partial charge in [0.25, 0.3) is 0 Å². The molecule has 0 aromatic carbocycles. The van der Waals surface area contributed by atoms with E-state index in [-0.39, 0.29) is 18.2 Å². The fraction of sp³-hybridized carbons (Fsp3) is 0.722. The second kappa shape index (κ2) is 6.95. The van der Waals surface area contributed by atoms with E-state index in [1.807, 2.05) is 13.8 Å². The molecule has 1 aliphatic rings. The quantitative estimate of drug-likeness (QED) is 0.571. The Kier molecular flexibility index (Phi) is 5.85. The van der Waals surface area contributed by atoms with Gasteiger partial charge in [0, 0.05) is 5.57 Å². The highest BCUT2D eigenvalue weighted by Gasteiger charge is 2.46. The van der Waals surface area contributed by atoms with Crippen molar-refractivity contribution in [1.29, 1.82) is 0 Å². The van der Waals surface area contributed by atoms with Crippen molar-refractivity contribution in [2.24, 2.45) is 5.92 Å². The second-order valence-electron chi connectivity index (χ2n) is 8.33. The van der Waals surface area contributed by atoms with Gasteiger partial charge in [-0.15, -0.1) is 0 Å². The summed E-state index contributed by atoms with van der Waals surface area (Å²) in [6, 6.07) is -1.06. The minimum atomic E-state index is -1.06. The Morgan fingerprint density at radius 1 is 1.08 bits per heavy atom. The summed E-state index contributed by atoms with van der Waals surface area (Å²) in [5.41, 5.74) is -1.14. The van der Waals surface area contributed by atoms with Gasteiger partial charge in [-0.05, 0) is 47.5 Å². The molecule has 1 saturated heterocycles. The maximum Gasteiger partial charge on any atom is 0.411 e. The van der Waals surface area contributed by atoms with Crippen LogP contribution in [0.5, 0.6) is 0 Å². The molecule has 6 heteroatoms. The van der Waals surface area contributed by atoms with Crippen molar-refractivity contribution in [2.45, 2.75) is 72.6 Å². The minimum Gasteiger partial charge on any atom is -0.458 e. The molecule has 1 atom stereocenters. The van der Waals surface area contributed by atoms with Crippen LogP contribution < -0.4 is 0 Å². The van der Waals surface area contributed by atoms with Crippen LogP contribution in [0.2, 0.25) is 0 Å². The number of ketones is 1. The lowest BCUT2D eigenvalue weighted by molar-refractivity contribution is -0.158. The summed E-state index contributed by atoms with van der Waals surface area (Å²) in [7, 11) is 0. The third-order valence-corrected chi connectivity index (χ3v) is 3.01. The van der Waals surface area contributed by atoms with Gasteiger partial charge in [-0.3, -0.25) is 9.69 Å². The Balaban J connectivity index is 3.20. The first kappa shape index (κ1) is 20.2. The van der Waals surface area contributed by atoms with Crippen molar-refractivity contribution < 1.29 is 23.9 Å². The van der Waals surface area contributed by atoms with E-state index in [4.69, 9.17) is 9.47 Å². The van der Waals surface area contributed by atoms with Crippen LogP contribution >= 0.6 is 0 Å². The summed E-state index contributed by atoms with van der Waals surface area (Å²) < 4.78 is 10.7. The molecular formula is C18H29NO5. The van der Waals surface area contributed by atoms with Crippen LogP contribution in [0.3, 0.4) is 0 Å². The largest absolute Gasteiger partial charge is 0.458 e. The minimum absolute atomic E-state index is 0.0625. The standard InChI is InChI=1S/C18H29NO5/c1-11(2)9-12-13(20)10-19(16(22)24-18(6,7)8)14(12)15(21)23-17(3,4)5/h9,11,14H,10H2,1-8H3/b12-9-/t14-/m0/s1. The number of esters is 1. The molecule has 24 heavy (non-hydrogen) atoms. The molecular weight excluding hydrogens is 310 g/mol. The molecule has 0 bridgehead atoms. The lowest BCUT2D eigenvalue weighted by Gasteiger charge is -2.29. The van der Waals surface area contributed by atoms with E-state index < -0.39 is 29.3 Å². The highest BCUT2D eigenvalue weighted by molar-refractivity contribution is 6.09. The van der Waals surface area contributed by atoms with Crippen LogP contribution in [0, 0.1) is 5.92 Å². The van der Waals surface area contributed by atoms with Crippen molar-refractivity contribution in [3.8, 4) is 0 Å².